The Bertz CT molecular complexity index is 924. The van der Waals surface area contributed by atoms with Gasteiger partial charge in [0.15, 0.2) is 0 Å². The van der Waals surface area contributed by atoms with E-state index < -0.39 is 4.92 Å². The lowest BCUT2D eigenvalue weighted by molar-refractivity contribution is -0.917. The number of amides is 1. The number of carbonyl (C=O) groups is 1. The molecule has 152 valence electrons. The summed E-state index contributed by atoms with van der Waals surface area (Å²) in [6.07, 6.45) is 2.05. The molecule has 2 aliphatic rings. The quantitative estimate of drug-likeness (QED) is 0.560. The maximum absolute atomic E-state index is 12.9. The Morgan fingerprint density at radius 1 is 1.21 bits per heavy atom. The van der Waals surface area contributed by atoms with Crippen LogP contribution in [0.25, 0.3) is 0 Å². The molecule has 1 amide bonds. The molecule has 0 aromatic heterocycles. The number of halogens is 1. The predicted molar refractivity (Wildman–Crippen MR) is 111 cm³/mol. The van der Waals surface area contributed by atoms with Crippen LogP contribution in [0, 0.1) is 10.1 Å². The standard InChI is InChI=1S/C21H23ClN4O3/c22-17-3-1-2-15(12-17)14-24-8-10-25(11-9-24)21(27)16-4-7-19(23-18-5-6-18)20(13-16)26(28)29/h1-4,7,12-13,18,23H,5-6,8-11,14H2/p+1. The molecule has 2 aromatic carbocycles. The SMILES string of the molecule is O=C(c1ccc(NC2CC2)c([N+](=O)[O-])c1)N1CC[NH+](Cc2cccc(Cl)c2)CC1. The van der Waals surface area contributed by atoms with Crippen LogP contribution in [-0.2, 0) is 6.54 Å². The third-order valence-corrected chi connectivity index (χ3v) is 5.71. The van der Waals surface area contributed by atoms with Gasteiger partial charge in [0.1, 0.15) is 12.2 Å². The molecule has 29 heavy (non-hydrogen) atoms. The molecule has 4 rings (SSSR count). The number of carbonyl (C=O) groups excluding carboxylic acids is 1. The fraction of sp³-hybridized carbons (Fsp3) is 0.381. The first kappa shape index (κ1) is 19.7. The largest absolute Gasteiger partial charge is 0.377 e. The molecule has 1 saturated carbocycles. The predicted octanol–water partition coefficient (Wildman–Crippen LogP) is 2.36. The van der Waals surface area contributed by atoms with Gasteiger partial charge in [-0.05, 0) is 37.1 Å². The average molecular weight is 416 g/mol. The van der Waals surface area contributed by atoms with E-state index in [1.165, 1.54) is 16.5 Å². The summed E-state index contributed by atoms with van der Waals surface area (Å²) in [4.78, 5) is 27.1. The summed E-state index contributed by atoms with van der Waals surface area (Å²) in [7, 11) is 0. The molecule has 8 heteroatoms. The Balaban J connectivity index is 1.39. The highest BCUT2D eigenvalue weighted by Gasteiger charge is 2.28. The van der Waals surface area contributed by atoms with Crippen molar-refractivity contribution in [3.05, 3.63) is 68.7 Å². The Kier molecular flexibility index (Phi) is 5.69. The van der Waals surface area contributed by atoms with Crippen LogP contribution in [0.4, 0.5) is 11.4 Å². The molecule has 2 fully saturated rings. The number of rotatable bonds is 6. The number of hydrogen-bond donors (Lipinski definition) is 2. The average Bonchev–Trinajstić information content (AvgIpc) is 3.52. The van der Waals surface area contributed by atoms with Crippen LogP contribution in [0.3, 0.4) is 0 Å². The second-order valence-electron chi connectivity index (χ2n) is 7.76. The van der Waals surface area contributed by atoms with E-state index in [1.807, 2.05) is 18.2 Å². The molecular formula is C21H24ClN4O3+. The fourth-order valence-corrected chi connectivity index (χ4v) is 3.92. The van der Waals surface area contributed by atoms with Crippen molar-refractivity contribution >= 4 is 28.9 Å². The minimum absolute atomic E-state index is 0.0343. The van der Waals surface area contributed by atoms with Crippen molar-refractivity contribution in [3.8, 4) is 0 Å². The number of nitrogens with one attached hydrogen (secondary N) is 2. The number of piperazine rings is 1. The summed E-state index contributed by atoms with van der Waals surface area (Å²) in [5.74, 6) is -0.145. The number of nitrogens with zero attached hydrogens (tertiary/aromatic N) is 2. The lowest BCUT2D eigenvalue weighted by Gasteiger charge is -2.32. The minimum Gasteiger partial charge on any atom is -0.377 e. The molecule has 0 unspecified atom stereocenters. The van der Waals surface area contributed by atoms with Gasteiger partial charge < -0.3 is 15.1 Å². The highest BCUT2D eigenvalue weighted by molar-refractivity contribution is 6.30. The number of benzene rings is 2. The number of nitro benzene ring substituents is 1. The van der Waals surface area contributed by atoms with E-state index in [1.54, 1.807) is 17.0 Å². The molecule has 0 atom stereocenters. The van der Waals surface area contributed by atoms with Crippen LogP contribution in [-0.4, -0.2) is 48.0 Å². The zero-order chi connectivity index (χ0) is 20.4. The molecule has 1 saturated heterocycles. The van der Waals surface area contributed by atoms with Crippen molar-refractivity contribution in [1.29, 1.82) is 0 Å². The van der Waals surface area contributed by atoms with E-state index in [0.717, 1.165) is 37.5 Å². The van der Waals surface area contributed by atoms with Gasteiger partial charge in [0.2, 0.25) is 0 Å². The van der Waals surface area contributed by atoms with E-state index in [9.17, 15) is 14.9 Å². The van der Waals surface area contributed by atoms with Crippen LogP contribution in [0.1, 0.15) is 28.8 Å². The highest BCUT2D eigenvalue weighted by atomic mass is 35.5. The lowest BCUT2D eigenvalue weighted by atomic mass is 10.1. The minimum atomic E-state index is -0.422. The van der Waals surface area contributed by atoms with E-state index in [-0.39, 0.29) is 11.6 Å². The number of anilines is 1. The first-order valence-corrected chi connectivity index (χ1v) is 10.3. The van der Waals surface area contributed by atoms with Gasteiger partial charge in [-0.1, -0.05) is 23.7 Å². The highest BCUT2D eigenvalue weighted by Crippen LogP contribution is 2.31. The zero-order valence-corrected chi connectivity index (χ0v) is 16.8. The van der Waals surface area contributed by atoms with Crippen molar-refractivity contribution in [2.45, 2.75) is 25.4 Å². The molecule has 1 aliphatic carbocycles. The molecule has 1 aliphatic heterocycles. The molecule has 2 N–H and O–H groups in total. The Labute approximate surface area is 174 Å². The van der Waals surface area contributed by atoms with E-state index >= 15 is 0 Å². The van der Waals surface area contributed by atoms with Crippen LogP contribution >= 0.6 is 11.6 Å². The second kappa shape index (κ2) is 8.39. The number of hydrogen-bond acceptors (Lipinski definition) is 4. The van der Waals surface area contributed by atoms with Gasteiger partial charge in [0, 0.05) is 28.3 Å². The topological polar surface area (TPSA) is 79.9 Å². The van der Waals surface area contributed by atoms with Crippen molar-refractivity contribution < 1.29 is 14.6 Å². The third-order valence-electron chi connectivity index (χ3n) is 5.48. The lowest BCUT2D eigenvalue weighted by Crippen LogP contribution is -3.13. The molecular weight excluding hydrogens is 392 g/mol. The molecule has 1 heterocycles. The smallest absolute Gasteiger partial charge is 0.293 e. The van der Waals surface area contributed by atoms with Crippen molar-refractivity contribution in [2.75, 3.05) is 31.5 Å². The Hall–Kier alpha value is -2.64. The Morgan fingerprint density at radius 3 is 2.62 bits per heavy atom. The normalized spacial score (nSPS) is 17.2. The molecule has 0 bridgehead atoms. The first-order valence-electron chi connectivity index (χ1n) is 9.92. The van der Waals surface area contributed by atoms with Crippen LogP contribution < -0.4 is 10.2 Å². The number of quaternary nitrogens is 1. The maximum Gasteiger partial charge on any atom is 0.293 e. The van der Waals surface area contributed by atoms with Gasteiger partial charge >= 0.3 is 0 Å². The summed E-state index contributed by atoms with van der Waals surface area (Å²) in [5, 5.41) is 15.3. The van der Waals surface area contributed by atoms with E-state index in [4.69, 9.17) is 11.6 Å². The molecule has 7 nitrogen and oxygen atoms in total. The summed E-state index contributed by atoms with van der Waals surface area (Å²) >= 11 is 6.06. The number of nitro groups is 1. The van der Waals surface area contributed by atoms with Gasteiger partial charge in [0.05, 0.1) is 31.1 Å². The zero-order valence-electron chi connectivity index (χ0n) is 16.1. The van der Waals surface area contributed by atoms with E-state index in [2.05, 4.69) is 11.4 Å². The third kappa shape index (κ3) is 4.86. The summed E-state index contributed by atoms with van der Waals surface area (Å²) in [5.41, 5.74) is 2.01. The maximum atomic E-state index is 12.9. The van der Waals surface area contributed by atoms with Gasteiger partial charge in [-0.25, -0.2) is 0 Å². The monoisotopic (exact) mass is 415 g/mol. The molecule has 0 radical (unpaired) electrons. The first-order chi connectivity index (χ1) is 14.0. The van der Waals surface area contributed by atoms with E-state index in [0.29, 0.717) is 30.4 Å². The van der Waals surface area contributed by atoms with Crippen molar-refractivity contribution in [2.24, 2.45) is 0 Å². The van der Waals surface area contributed by atoms with Gasteiger partial charge in [-0.2, -0.15) is 0 Å². The second-order valence-corrected chi connectivity index (χ2v) is 8.19. The van der Waals surface area contributed by atoms with Crippen LogP contribution in [0.2, 0.25) is 5.02 Å². The fourth-order valence-electron chi connectivity index (χ4n) is 3.71. The van der Waals surface area contributed by atoms with Crippen molar-refractivity contribution in [3.63, 3.8) is 0 Å². The van der Waals surface area contributed by atoms with Crippen molar-refractivity contribution in [1.82, 2.24) is 4.90 Å². The van der Waals surface area contributed by atoms with Gasteiger partial charge in [0.25, 0.3) is 11.6 Å². The summed E-state index contributed by atoms with van der Waals surface area (Å²) < 4.78 is 0. The summed E-state index contributed by atoms with van der Waals surface area (Å²) in [6.45, 7) is 3.80. The summed E-state index contributed by atoms with van der Waals surface area (Å²) in [6, 6.07) is 12.9. The molecule has 0 spiro atoms. The van der Waals surface area contributed by atoms with Gasteiger partial charge in [-0.3, -0.25) is 14.9 Å². The van der Waals surface area contributed by atoms with Crippen LogP contribution in [0.5, 0.6) is 0 Å². The molecule has 2 aromatic rings. The van der Waals surface area contributed by atoms with Crippen LogP contribution in [0.15, 0.2) is 42.5 Å². The Morgan fingerprint density at radius 2 is 1.97 bits per heavy atom. The van der Waals surface area contributed by atoms with Gasteiger partial charge in [-0.15, -0.1) is 0 Å².